The molecule has 4 fully saturated rings. The minimum Gasteiger partial charge on any atom is -0.504 e. The zero-order valence-corrected chi connectivity index (χ0v) is 16.3. The highest BCUT2D eigenvalue weighted by atomic mass is 16.6. The zero-order valence-electron chi connectivity index (χ0n) is 16.3. The lowest BCUT2D eigenvalue weighted by Crippen LogP contribution is -2.79. The Morgan fingerprint density at radius 3 is 2.82 bits per heavy atom. The lowest BCUT2D eigenvalue weighted by Gasteiger charge is -2.65. The van der Waals surface area contributed by atoms with Gasteiger partial charge in [0.25, 0.3) is 0 Å². The average molecular weight is 383 g/mol. The van der Waals surface area contributed by atoms with Gasteiger partial charge in [-0.3, -0.25) is 4.90 Å². The van der Waals surface area contributed by atoms with E-state index >= 15 is 0 Å². The third kappa shape index (κ3) is 1.72. The minimum absolute atomic E-state index is 0.148. The van der Waals surface area contributed by atoms with Crippen LogP contribution in [0.1, 0.15) is 56.1 Å². The van der Waals surface area contributed by atoms with Crippen molar-refractivity contribution >= 4 is 0 Å². The van der Waals surface area contributed by atoms with Gasteiger partial charge >= 0.3 is 0 Å². The second kappa shape index (κ2) is 5.05. The summed E-state index contributed by atoms with van der Waals surface area (Å²) in [6.45, 7) is 2.91. The van der Waals surface area contributed by atoms with Crippen molar-refractivity contribution in [3.63, 3.8) is 0 Å². The quantitative estimate of drug-likeness (QED) is 0.822. The van der Waals surface area contributed by atoms with Gasteiger partial charge in [-0.25, -0.2) is 0 Å². The molecule has 2 N–H and O–H groups in total. The summed E-state index contributed by atoms with van der Waals surface area (Å²) in [5, 5.41) is 23.0. The SMILES string of the molecule is Oc1ccc2c3c1OC1C4(CCCO4)CCC4(O)[C@@H](C2)N(CC2CC2)CC[C@]314. The fourth-order valence-electron chi connectivity index (χ4n) is 7.69. The van der Waals surface area contributed by atoms with E-state index in [9.17, 15) is 10.2 Å². The Hall–Kier alpha value is -1.30. The molecule has 3 unspecified atom stereocenters. The third-order valence-corrected chi connectivity index (χ3v) is 9.05. The Morgan fingerprint density at radius 1 is 1.14 bits per heavy atom. The molecule has 0 aromatic heterocycles. The maximum absolute atomic E-state index is 12.4. The molecule has 2 saturated heterocycles. The standard InChI is InChI=1S/C23H29NO4/c25-16-5-4-15-12-17-23(26)8-7-21(6-1-11-27-21)20-22(23,18(15)19(16)28-20)9-10-24(17)13-14-2-3-14/h4-5,14,17,20,25-26H,1-3,6-13H2/t17-,20?,21?,22+,23?/m1/s1. The van der Waals surface area contributed by atoms with Gasteiger partial charge in [0.1, 0.15) is 11.7 Å². The lowest BCUT2D eigenvalue weighted by atomic mass is 9.46. The summed E-state index contributed by atoms with van der Waals surface area (Å²) < 4.78 is 13.0. The monoisotopic (exact) mass is 383 g/mol. The van der Waals surface area contributed by atoms with Crippen molar-refractivity contribution in [2.24, 2.45) is 5.92 Å². The van der Waals surface area contributed by atoms with Crippen molar-refractivity contribution in [2.75, 3.05) is 19.7 Å². The molecule has 0 amide bonds. The van der Waals surface area contributed by atoms with Crippen LogP contribution in [0, 0.1) is 5.92 Å². The van der Waals surface area contributed by atoms with Gasteiger partial charge in [-0.15, -0.1) is 0 Å². The maximum atomic E-state index is 12.4. The first kappa shape index (κ1) is 16.5. The third-order valence-electron chi connectivity index (χ3n) is 9.05. The van der Waals surface area contributed by atoms with E-state index in [1.165, 1.54) is 18.4 Å². The summed E-state index contributed by atoms with van der Waals surface area (Å²) in [5.41, 5.74) is 0.823. The summed E-state index contributed by atoms with van der Waals surface area (Å²) in [4.78, 5) is 2.58. The number of nitrogens with zero attached hydrogens (tertiary/aromatic N) is 1. The second-order valence-electron chi connectivity index (χ2n) is 10.3. The van der Waals surface area contributed by atoms with E-state index in [1.807, 2.05) is 0 Å². The molecule has 5 heteroatoms. The molecule has 6 aliphatic rings. The fraction of sp³-hybridized carbons (Fsp3) is 0.739. The fourth-order valence-corrected chi connectivity index (χ4v) is 7.69. The van der Waals surface area contributed by atoms with Gasteiger partial charge in [-0.05, 0) is 75.5 Å². The number of fused-ring (bicyclic) bond motifs is 1. The molecule has 5 nitrogen and oxygen atoms in total. The van der Waals surface area contributed by atoms with Crippen LogP contribution in [-0.4, -0.2) is 58.2 Å². The Balaban J connectivity index is 1.45. The number of phenols is 1. The lowest BCUT2D eigenvalue weighted by molar-refractivity contribution is -0.237. The van der Waals surface area contributed by atoms with Gasteiger partial charge in [0.15, 0.2) is 11.5 Å². The van der Waals surface area contributed by atoms with Gasteiger partial charge in [-0.1, -0.05) is 6.07 Å². The van der Waals surface area contributed by atoms with Crippen LogP contribution in [0.2, 0.25) is 0 Å². The number of likely N-dealkylation sites (tertiary alicyclic amines) is 1. The van der Waals surface area contributed by atoms with E-state index in [0.717, 1.165) is 69.7 Å². The van der Waals surface area contributed by atoms with Gasteiger partial charge < -0.3 is 19.7 Å². The molecule has 3 aliphatic carbocycles. The number of benzene rings is 1. The molecule has 1 aromatic carbocycles. The smallest absolute Gasteiger partial charge is 0.165 e. The second-order valence-corrected chi connectivity index (χ2v) is 10.3. The van der Waals surface area contributed by atoms with Crippen LogP contribution in [0.4, 0.5) is 0 Å². The summed E-state index contributed by atoms with van der Waals surface area (Å²) >= 11 is 0. The number of hydrogen-bond donors (Lipinski definition) is 2. The molecular weight excluding hydrogens is 354 g/mol. The van der Waals surface area contributed by atoms with Crippen LogP contribution < -0.4 is 4.74 Å². The normalized spacial score (nSPS) is 45.9. The van der Waals surface area contributed by atoms with Gasteiger partial charge in [-0.2, -0.15) is 0 Å². The summed E-state index contributed by atoms with van der Waals surface area (Å²) in [6.07, 6.45) is 7.92. The first-order chi connectivity index (χ1) is 13.6. The van der Waals surface area contributed by atoms with Crippen molar-refractivity contribution in [3.05, 3.63) is 23.3 Å². The Labute approximate surface area is 165 Å². The van der Waals surface area contributed by atoms with Crippen LogP contribution in [-0.2, 0) is 16.6 Å². The molecule has 28 heavy (non-hydrogen) atoms. The van der Waals surface area contributed by atoms with Gasteiger partial charge in [0, 0.05) is 24.8 Å². The van der Waals surface area contributed by atoms with Crippen molar-refractivity contribution in [1.82, 2.24) is 4.90 Å². The van der Waals surface area contributed by atoms with E-state index in [2.05, 4.69) is 11.0 Å². The van der Waals surface area contributed by atoms with E-state index in [-0.39, 0.29) is 23.5 Å². The van der Waals surface area contributed by atoms with E-state index in [4.69, 9.17) is 9.47 Å². The predicted molar refractivity (Wildman–Crippen MR) is 103 cm³/mol. The molecule has 2 saturated carbocycles. The van der Waals surface area contributed by atoms with Gasteiger partial charge in [0.2, 0.25) is 0 Å². The zero-order chi connectivity index (χ0) is 18.7. The van der Waals surface area contributed by atoms with Crippen molar-refractivity contribution in [3.8, 4) is 11.5 Å². The van der Waals surface area contributed by atoms with Gasteiger partial charge in [0.05, 0.1) is 11.0 Å². The Bertz CT molecular complexity index is 860. The number of piperidine rings is 1. The molecule has 2 bridgehead atoms. The van der Waals surface area contributed by atoms with Crippen LogP contribution >= 0.6 is 0 Å². The first-order valence-electron chi connectivity index (χ1n) is 11.2. The van der Waals surface area contributed by atoms with Crippen molar-refractivity contribution in [2.45, 2.75) is 80.1 Å². The topological polar surface area (TPSA) is 62.2 Å². The highest BCUT2D eigenvalue weighted by Gasteiger charge is 2.76. The maximum Gasteiger partial charge on any atom is 0.165 e. The Kier molecular flexibility index (Phi) is 2.98. The molecule has 0 radical (unpaired) electrons. The number of aromatic hydroxyl groups is 1. The molecule has 3 aliphatic heterocycles. The predicted octanol–water partition coefficient (Wildman–Crippen LogP) is 2.51. The first-order valence-corrected chi connectivity index (χ1v) is 11.2. The molecular formula is C23H29NO4. The van der Waals surface area contributed by atoms with Crippen molar-refractivity contribution < 1.29 is 19.7 Å². The molecule has 3 heterocycles. The number of aliphatic hydroxyl groups is 1. The Morgan fingerprint density at radius 2 is 2.04 bits per heavy atom. The van der Waals surface area contributed by atoms with E-state index in [1.54, 1.807) is 6.07 Å². The van der Waals surface area contributed by atoms with Crippen molar-refractivity contribution in [1.29, 1.82) is 0 Å². The van der Waals surface area contributed by atoms with Crippen LogP contribution in [0.3, 0.4) is 0 Å². The van der Waals surface area contributed by atoms with E-state index in [0.29, 0.717) is 5.75 Å². The van der Waals surface area contributed by atoms with Crippen LogP contribution in [0.25, 0.3) is 0 Å². The minimum atomic E-state index is -0.798. The number of rotatable bonds is 2. The summed E-state index contributed by atoms with van der Waals surface area (Å²) in [6, 6.07) is 4.01. The van der Waals surface area contributed by atoms with E-state index < -0.39 is 11.0 Å². The number of phenolic OH excluding ortho intramolecular Hbond substituents is 1. The van der Waals surface area contributed by atoms with Crippen LogP contribution in [0.5, 0.6) is 11.5 Å². The molecule has 1 aromatic rings. The molecule has 5 atom stereocenters. The molecule has 7 rings (SSSR count). The average Bonchev–Trinajstić information content (AvgIpc) is 3.23. The highest BCUT2D eigenvalue weighted by Crippen LogP contribution is 2.68. The molecule has 150 valence electrons. The number of ether oxygens (including phenoxy) is 2. The summed E-state index contributed by atoms with van der Waals surface area (Å²) in [7, 11) is 0. The highest BCUT2D eigenvalue weighted by molar-refractivity contribution is 5.63. The van der Waals surface area contributed by atoms with Crippen LogP contribution in [0.15, 0.2) is 12.1 Å². The molecule has 2 spiro atoms. The largest absolute Gasteiger partial charge is 0.504 e. The number of hydrogen-bond acceptors (Lipinski definition) is 5. The summed E-state index contributed by atoms with van der Waals surface area (Å²) in [5.74, 6) is 1.67.